The zero-order valence-corrected chi connectivity index (χ0v) is 16.9. The first-order chi connectivity index (χ1) is 13.0. The predicted octanol–water partition coefficient (Wildman–Crippen LogP) is 4.67. The van der Waals surface area contributed by atoms with Crippen molar-refractivity contribution in [2.24, 2.45) is 17.6 Å². The van der Waals surface area contributed by atoms with E-state index in [2.05, 4.69) is 5.32 Å². The van der Waals surface area contributed by atoms with E-state index >= 15 is 0 Å². The summed E-state index contributed by atoms with van der Waals surface area (Å²) in [5, 5.41) is 2.83. The van der Waals surface area contributed by atoms with Gasteiger partial charge < -0.3 is 20.5 Å². The first-order valence-corrected chi connectivity index (χ1v) is 9.14. The van der Waals surface area contributed by atoms with Crippen molar-refractivity contribution in [1.82, 2.24) is 0 Å². The zero-order valence-electron chi connectivity index (χ0n) is 16.0. The third-order valence-corrected chi connectivity index (χ3v) is 5.04. The largest absolute Gasteiger partial charge is 0.493 e. The van der Waals surface area contributed by atoms with E-state index in [1.165, 1.54) is 18.2 Å². The molecule has 1 saturated carbocycles. The second kappa shape index (κ2) is 9.75. The van der Waals surface area contributed by atoms with E-state index in [0.717, 1.165) is 24.8 Å². The monoisotopic (exact) mass is 408 g/mol. The van der Waals surface area contributed by atoms with Crippen LogP contribution in [0.25, 0.3) is 0 Å². The summed E-state index contributed by atoms with van der Waals surface area (Å²) in [6, 6.07) is 9.58. The molecule has 0 bridgehead atoms. The molecule has 0 unspecified atom stereocenters. The SMILES string of the molecule is COc1cc(C)ccc1Oc1ccc(F)cc1NC(=O)[C@@H]1CCC[C@@H]1CN.Cl. The van der Waals surface area contributed by atoms with E-state index in [0.29, 0.717) is 29.5 Å². The second-order valence-corrected chi connectivity index (χ2v) is 6.92. The van der Waals surface area contributed by atoms with Crippen LogP contribution in [0.4, 0.5) is 10.1 Å². The molecule has 0 spiro atoms. The van der Waals surface area contributed by atoms with Crippen LogP contribution in [-0.4, -0.2) is 19.6 Å². The summed E-state index contributed by atoms with van der Waals surface area (Å²) >= 11 is 0. The Bertz CT molecular complexity index is 831. The van der Waals surface area contributed by atoms with Crippen LogP contribution in [0.2, 0.25) is 0 Å². The third-order valence-electron chi connectivity index (χ3n) is 5.04. The van der Waals surface area contributed by atoms with Gasteiger partial charge in [-0.3, -0.25) is 4.79 Å². The summed E-state index contributed by atoms with van der Waals surface area (Å²) in [4.78, 5) is 12.7. The molecule has 0 aromatic heterocycles. The Morgan fingerprint density at radius 2 is 1.93 bits per heavy atom. The molecule has 0 heterocycles. The summed E-state index contributed by atoms with van der Waals surface area (Å²) in [5.74, 6) is 0.834. The maximum absolute atomic E-state index is 13.8. The summed E-state index contributed by atoms with van der Waals surface area (Å²) in [6.07, 6.45) is 2.72. The molecule has 0 radical (unpaired) electrons. The van der Waals surface area contributed by atoms with Crippen molar-refractivity contribution >= 4 is 24.0 Å². The molecule has 152 valence electrons. The number of carbonyl (C=O) groups is 1. The molecule has 1 aliphatic carbocycles. The molecule has 1 fully saturated rings. The first kappa shape index (κ1) is 22.0. The summed E-state index contributed by atoms with van der Waals surface area (Å²) in [7, 11) is 1.56. The van der Waals surface area contributed by atoms with E-state index in [1.807, 2.05) is 19.1 Å². The minimum atomic E-state index is -0.449. The van der Waals surface area contributed by atoms with E-state index < -0.39 is 5.82 Å². The van der Waals surface area contributed by atoms with Crippen molar-refractivity contribution in [2.75, 3.05) is 19.0 Å². The number of hydrogen-bond acceptors (Lipinski definition) is 4. The molecule has 28 heavy (non-hydrogen) atoms. The normalized spacial score (nSPS) is 18.3. The van der Waals surface area contributed by atoms with Crippen LogP contribution in [0, 0.1) is 24.6 Å². The maximum Gasteiger partial charge on any atom is 0.227 e. The van der Waals surface area contributed by atoms with E-state index in [1.54, 1.807) is 13.2 Å². The predicted molar refractivity (Wildman–Crippen MR) is 110 cm³/mol. The highest BCUT2D eigenvalue weighted by Crippen LogP contribution is 2.37. The Balaban J connectivity index is 0.00000280. The highest BCUT2D eigenvalue weighted by molar-refractivity contribution is 5.94. The van der Waals surface area contributed by atoms with Gasteiger partial charge in [0.25, 0.3) is 0 Å². The minimum Gasteiger partial charge on any atom is -0.493 e. The van der Waals surface area contributed by atoms with E-state index in [4.69, 9.17) is 15.2 Å². The van der Waals surface area contributed by atoms with E-state index in [9.17, 15) is 9.18 Å². The van der Waals surface area contributed by atoms with Crippen molar-refractivity contribution in [2.45, 2.75) is 26.2 Å². The number of methoxy groups -OCH3 is 1. The van der Waals surface area contributed by atoms with Crippen LogP contribution in [0.5, 0.6) is 17.2 Å². The van der Waals surface area contributed by atoms with Crippen LogP contribution in [0.15, 0.2) is 36.4 Å². The van der Waals surface area contributed by atoms with Crippen molar-refractivity contribution in [1.29, 1.82) is 0 Å². The molecule has 2 aromatic rings. The van der Waals surface area contributed by atoms with Crippen LogP contribution >= 0.6 is 12.4 Å². The minimum absolute atomic E-state index is 0. The Morgan fingerprint density at radius 3 is 2.64 bits per heavy atom. The van der Waals surface area contributed by atoms with Gasteiger partial charge in [0.15, 0.2) is 17.2 Å². The van der Waals surface area contributed by atoms with Crippen molar-refractivity contribution in [3.63, 3.8) is 0 Å². The van der Waals surface area contributed by atoms with Crippen molar-refractivity contribution in [3.8, 4) is 17.2 Å². The molecular weight excluding hydrogens is 383 g/mol. The van der Waals surface area contributed by atoms with Crippen LogP contribution in [0.1, 0.15) is 24.8 Å². The van der Waals surface area contributed by atoms with Gasteiger partial charge in [-0.05, 0) is 62.1 Å². The number of amides is 1. The van der Waals surface area contributed by atoms with Gasteiger partial charge in [0, 0.05) is 12.0 Å². The van der Waals surface area contributed by atoms with E-state index in [-0.39, 0.29) is 30.2 Å². The molecule has 0 aliphatic heterocycles. The lowest BCUT2D eigenvalue weighted by atomic mass is 9.95. The Labute approximate surface area is 170 Å². The number of carbonyl (C=O) groups excluding carboxylic acids is 1. The fraction of sp³-hybridized carbons (Fsp3) is 0.381. The average Bonchev–Trinajstić information content (AvgIpc) is 3.14. The fourth-order valence-corrected chi connectivity index (χ4v) is 3.56. The Morgan fingerprint density at radius 1 is 1.18 bits per heavy atom. The number of hydrogen-bond donors (Lipinski definition) is 2. The second-order valence-electron chi connectivity index (χ2n) is 6.92. The Kier molecular flexibility index (Phi) is 7.66. The summed E-state index contributed by atoms with van der Waals surface area (Å²) in [6.45, 7) is 2.43. The number of rotatable bonds is 6. The van der Waals surface area contributed by atoms with Crippen LogP contribution in [-0.2, 0) is 4.79 Å². The maximum atomic E-state index is 13.8. The van der Waals surface area contributed by atoms with Gasteiger partial charge >= 0.3 is 0 Å². The van der Waals surface area contributed by atoms with Gasteiger partial charge in [-0.1, -0.05) is 12.5 Å². The molecule has 0 saturated heterocycles. The zero-order chi connectivity index (χ0) is 19.4. The molecule has 2 aromatic carbocycles. The standard InChI is InChI=1S/C21H25FN2O3.ClH/c1-13-6-8-19(20(10-13)26-2)27-18-9-7-15(22)11-17(18)24-21(25)16-5-3-4-14(16)12-23;/h6-11,14,16H,3-5,12,23H2,1-2H3,(H,24,25);1H/t14-,16-;/m1./s1. The summed E-state index contributed by atoms with van der Waals surface area (Å²) in [5.41, 5.74) is 7.10. The van der Waals surface area contributed by atoms with Crippen molar-refractivity contribution in [3.05, 3.63) is 47.8 Å². The molecule has 3 rings (SSSR count). The molecule has 7 heteroatoms. The number of aryl methyl sites for hydroxylation is 1. The van der Waals surface area contributed by atoms with Gasteiger partial charge in [0.1, 0.15) is 5.82 Å². The van der Waals surface area contributed by atoms with Crippen molar-refractivity contribution < 1.29 is 18.7 Å². The highest BCUT2D eigenvalue weighted by Gasteiger charge is 2.32. The van der Waals surface area contributed by atoms with Crippen LogP contribution < -0.4 is 20.5 Å². The molecular formula is C21H26ClFN2O3. The number of halogens is 2. The summed E-state index contributed by atoms with van der Waals surface area (Å²) < 4.78 is 25.1. The lowest BCUT2D eigenvalue weighted by Crippen LogP contribution is -2.29. The molecule has 5 nitrogen and oxygen atoms in total. The lowest BCUT2D eigenvalue weighted by molar-refractivity contribution is -0.120. The molecule has 1 amide bonds. The number of nitrogens with one attached hydrogen (secondary N) is 1. The fourth-order valence-electron chi connectivity index (χ4n) is 3.56. The van der Waals surface area contributed by atoms with Gasteiger partial charge in [0.2, 0.25) is 5.91 Å². The average molecular weight is 409 g/mol. The molecule has 1 aliphatic rings. The van der Waals surface area contributed by atoms with Gasteiger partial charge in [-0.25, -0.2) is 4.39 Å². The first-order valence-electron chi connectivity index (χ1n) is 9.14. The van der Waals surface area contributed by atoms with Gasteiger partial charge in [-0.15, -0.1) is 12.4 Å². The number of benzene rings is 2. The Hall–Kier alpha value is -2.31. The topological polar surface area (TPSA) is 73.6 Å². The highest BCUT2D eigenvalue weighted by atomic mass is 35.5. The number of anilines is 1. The molecule has 2 atom stereocenters. The number of ether oxygens (including phenoxy) is 2. The van der Waals surface area contributed by atoms with Crippen LogP contribution in [0.3, 0.4) is 0 Å². The quantitative estimate of drug-likeness (QED) is 0.728. The van der Waals surface area contributed by atoms with Gasteiger partial charge in [-0.2, -0.15) is 0 Å². The number of nitrogens with two attached hydrogens (primary N) is 1. The van der Waals surface area contributed by atoms with Gasteiger partial charge in [0.05, 0.1) is 12.8 Å². The lowest BCUT2D eigenvalue weighted by Gasteiger charge is -2.19. The third kappa shape index (κ3) is 4.94. The smallest absolute Gasteiger partial charge is 0.227 e. The molecule has 3 N–H and O–H groups in total.